The maximum absolute atomic E-state index is 12.8. The van der Waals surface area contributed by atoms with Crippen molar-refractivity contribution in [1.82, 2.24) is 35.5 Å². The number of ether oxygens (including phenoxy) is 2. The molecule has 4 rings (SSSR count). The Hall–Kier alpha value is -3.74. The summed E-state index contributed by atoms with van der Waals surface area (Å²) in [6.07, 6.45) is 7.42. The van der Waals surface area contributed by atoms with Crippen molar-refractivity contribution >= 4 is 23.9 Å². The number of carbonyl (C=O) groups excluding carboxylic acids is 2. The monoisotopic (exact) mass is 499 g/mol. The number of rotatable bonds is 8. The maximum Gasteiger partial charge on any atom is 0.414 e. The largest absolute Gasteiger partial charge is 0.477 e. The zero-order chi connectivity index (χ0) is 25.5. The molecule has 0 bridgehead atoms. The highest BCUT2D eigenvalue weighted by molar-refractivity contribution is 5.88. The van der Waals surface area contributed by atoms with Crippen LogP contribution in [0.2, 0.25) is 0 Å². The minimum Gasteiger partial charge on any atom is -0.477 e. The predicted molar refractivity (Wildman–Crippen MR) is 132 cm³/mol. The van der Waals surface area contributed by atoms with E-state index >= 15 is 0 Å². The van der Waals surface area contributed by atoms with E-state index in [0.717, 1.165) is 32.2 Å². The molecule has 13 heteroatoms. The molecule has 2 aromatic heterocycles. The first-order valence-electron chi connectivity index (χ1n) is 12.2. The lowest BCUT2D eigenvalue weighted by Gasteiger charge is -2.37. The summed E-state index contributed by atoms with van der Waals surface area (Å²) in [7, 11) is 3.66. The number of carbonyl (C=O) groups is 2. The van der Waals surface area contributed by atoms with Crippen LogP contribution in [0.5, 0.6) is 11.8 Å². The van der Waals surface area contributed by atoms with Crippen molar-refractivity contribution < 1.29 is 19.1 Å². The van der Waals surface area contributed by atoms with Crippen molar-refractivity contribution in [1.29, 1.82) is 0 Å². The minimum absolute atomic E-state index is 0.0652. The number of aromatic nitrogens is 4. The molecule has 1 atom stereocenters. The molecule has 1 saturated carbocycles. The number of anilines is 2. The lowest BCUT2D eigenvalue weighted by molar-refractivity contribution is 0.178. The predicted octanol–water partition coefficient (Wildman–Crippen LogP) is 1.64. The summed E-state index contributed by atoms with van der Waals surface area (Å²) in [6.45, 7) is 3.63. The highest BCUT2D eigenvalue weighted by Gasteiger charge is 2.30. The molecule has 3 amide bonds. The lowest BCUT2D eigenvalue weighted by atomic mass is 9.87. The zero-order valence-corrected chi connectivity index (χ0v) is 20.8. The lowest BCUT2D eigenvalue weighted by Crippen LogP contribution is -2.52. The number of amides is 3. The van der Waals surface area contributed by atoms with Crippen molar-refractivity contribution in [2.75, 3.05) is 44.0 Å². The van der Waals surface area contributed by atoms with Gasteiger partial charge in [0.05, 0.1) is 25.0 Å². The molecular weight excluding hydrogens is 466 g/mol. The Morgan fingerprint density at radius 1 is 1.17 bits per heavy atom. The average molecular weight is 500 g/mol. The quantitative estimate of drug-likeness (QED) is 0.490. The molecule has 2 fully saturated rings. The van der Waals surface area contributed by atoms with Crippen LogP contribution in [-0.4, -0.2) is 88.9 Å². The first-order valence-corrected chi connectivity index (χ1v) is 12.2. The third kappa shape index (κ3) is 6.47. The standard InChI is InChI=1S/C23H33N9O4/c1-4-35-20-13-26-18(12-27-20)29-22(33)31(3)17-6-5-9-32(14-17)21-25-8-7-19(30-21)36-23(34)28-16-10-15(11-16)24-2/h7-8,12-13,15-17,24H,4-6,9-11,14H2,1-3H3,(H,28,34)(H,26,29,33)/t15?,16?,17-/m1/s1. The summed E-state index contributed by atoms with van der Waals surface area (Å²) >= 11 is 0. The van der Waals surface area contributed by atoms with Crippen molar-refractivity contribution in [2.45, 2.75) is 50.7 Å². The van der Waals surface area contributed by atoms with Crippen LogP contribution in [0.3, 0.4) is 0 Å². The second-order valence-electron chi connectivity index (χ2n) is 8.84. The van der Waals surface area contributed by atoms with Gasteiger partial charge in [-0.3, -0.25) is 5.32 Å². The van der Waals surface area contributed by atoms with Gasteiger partial charge in [0.1, 0.15) is 0 Å². The average Bonchev–Trinajstić information content (AvgIpc) is 2.87. The van der Waals surface area contributed by atoms with E-state index in [9.17, 15) is 9.59 Å². The van der Waals surface area contributed by atoms with Gasteiger partial charge < -0.3 is 29.9 Å². The zero-order valence-electron chi connectivity index (χ0n) is 20.8. The molecule has 0 unspecified atom stereocenters. The van der Waals surface area contributed by atoms with Crippen LogP contribution < -0.4 is 30.3 Å². The third-order valence-electron chi connectivity index (χ3n) is 6.39. The van der Waals surface area contributed by atoms with Crippen molar-refractivity contribution in [3.05, 3.63) is 24.7 Å². The van der Waals surface area contributed by atoms with Gasteiger partial charge in [-0.1, -0.05) is 0 Å². The Morgan fingerprint density at radius 2 is 2.00 bits per heavy atom. The van der Waals surface area contributed by atoms with Crippen molar-refractivity contribution in [2.24, 2.45) is 0 Å². The Bertz CT molecular complexity index is 1030. The Morgan fingerprint density at radius 3 is 2.72 bits per heavy atom. The molecule has 0 aromatic carbocycles. The summed E-state index contributed by atoms with van der Waals surface area (Å²) in [5.74, 6) is 1.39. The normalized spacial score (nSPS) is 21.2. The van der Waals surface area contributed by atoms with Crippen LogP contribution in [0.1, 0.15) is 32.6 Å². The molecule has 194 valence electrons. The highest BCUT2D eigenvalue weighted by atomic mass is 16.6. The van der Waals surface area contributed by atoms with Gasteiger partial charge in [0.25, 0.3) is 0 Å². The van der Waals surface area contributed by atoms with Gasteiger partial charge >= 0.3 is 12.1 Å². The number of hydrogen-bond acceptors (Lipinski definition) is 10. The second kappa shape index (κ2) is 11.8. The number of nitrogens with one attached hydrogen (secondary N) is 3. The first-order chi connectivity index (χ1) is 17.4. The van der Waals surface area contributed by atoms with Gasteiger partial charge in [0.15, 0.2) is 5.82 Å². The fourth-order valence-electron chi connectivity index (χ4n) is 4.22. The van der Waals surface area contributed by atoms with E-state index < -0.39 is 6.09 Å². The summed E-state index contributed by atoms with van der Waals surface area (Å²) < 4.78 is 10.7. The second-order valence-corrected chi connectivity index (χ2v) is 8.84. The van der Waals surface area contributed by atoms with E-state index in [1.54, 1.807) is 24.2 Å². The van der Waals surface area contributed by atoms with Crippen molar-refractivity contribution in [3.8, 4) is 11.8 Å². The number of urea groups is 1. The van der Waals surface area contributed by atoms with Crippen LogP contribution in [-0.2, 0) is 0 Å². The van der Waals surface area contributed by atoms with Crippen LogP contribution in [0.25, 0.3) is 0 Å². The summed E-state index contributed by atoms with van der Waals surface area (Å²) in [6, 6.07) is 1.74. The molecule has 2 aromatic rings. The molecule has 2 aliphatic rings. The van der Waals surface area contributed by atoms with Gasteiger partial charge in [-0.2, -0.15) is 4.98 Å². The van der Waals surface area contributed by atoms with Gasteiger partial charge in [-0.05, 0) is 39.7 Å². The van der Waals surface area contributed by atoms with Gasteiger partial charge in [0.2, 0.25) is 17.7 Å². The fourth-order valence-corrected chi connectivity index (χ4v) is 4.22. The first kappa shape index (κ1) is 25.4. The summed E-state index contributed by atoms with van der Waals surface area (Å²) in [5, 5.41) is 8.79. The number of piperidine rings is 1. The summed E-state index contributed by atoms with van der Waals surface area (Å²) in [4.78, 5) is 45.7. The summed E-state index contributed by atoms with van der Waals surface area (Å²) in [5.41, 5.74) is 0. The highest BCUT2D eigenvalue weighted by Crippen LogP contribution is 2.22. The topological polar surface area (TPSA) is 147 Å². The number of nitrogens with zero attached hydrogens (tertiary/aromatic N) is 6. The smallest absolute Gasteiger partial charge is 0.414 e. The van der Waals surface area contributed by atoms with E-state index in [-0.39, 0.29) is 24.0 Å². The maximum atomic E-state index is 12.8. The van der Waals surface area contributed by atoms with Gasteiger partial charge in [-0.15, -0.1) is 0 Å². The van der Waals surface area contributed by atoms with E-state index in [1.165, 1.54) is 12.4 Å². The van der Waals surface area contributed by atoms with Gasteiger partial charge in [0, 0.05) is 44.5 Å². The number of hydrogen-bond donors (Lipinski definition) is 3. The molecule has 36 heavy (non-hydrogen) atoms. The molecule has 1 aliphatic carbocycles. The Balaban J connectivity index is 1.30. The molecule has 1 aliphatic heterocycles. The third-order valence-corrected chi connectivity index (χ3v) is 6.39. The van der Waals surface area contributed by atoms with E-state index in [2.05, 4.69) is 35.9 Å². The van der Waals surface area contributed by atoms with E-state index in [0.29, 0.717) is 36.8 Å². The molecular formula is C23H33N9O4. The molecule has 0 spiro atoms. The molecule has 13 nitrogen and oxygen atoms in total. The fraction of sp³-hybridized carbons (Fsp3) is 0.565. The van der Waals surface area contributed by atoms with Crippen LogP contribution >= 0.6 is 0 Å². The van der Waals surface area contributed by atoms with Crippen LogP contribution in [0, 0.1) is 0 Å². The van der Waals surface area contributed by atoms with E-state index in [4.69, 9.17) is 9.47 Å². The molecule has 1 saturated heterocycles. The van der Waals surface area contributed by atoms with E-state index in [1.807, 2.05) is 18.9 Å². The van der Waals surface area contributed by atoms with Crippen LogP contribution in [0.15, 0.2) is 24.7 Å². The van der Waals surface area contributed by atoms with Gasteiger partial charge in [-0.25, -0.2) is 24.5 Å². The molecule has 0 radical (unpaired) electrons. The number of likely N-dealkylation sites (N-methyl/N-ethyl adjacent to an activating group) is 1. The van der Waals surface area contributed by atoms with Crippen LogP contribution in [0.4, 0.5) is 21.4 Å². The SMILES string of the molecule is CCOc1cnc(NC(=O)N(C)[C@@H]2CCCN(c3nccc(OC(=O)NC4CC(NC)C4)n3)C2)cn1. The molecule has 3 N–H and O–H groups in total. The van der Waals surface area contributed by atoms with Crippen molar-refractivity contribution in [3.63, 3.8) is 0 Å². The Kier molecular flexibility index (Phi) is 8.31. The Labute approximate surface area is 210 Å². The minimum atomic E-state index is -0.524. The molecule has 3 heterocycles.